The molecule has 1 aromatic carbocycles. The SMILES string of the molecule is OC(CCCl)C(O)c1ccc(-c2cnc[nH]2)cc1. The third kappa shape index (κ3) is 2.90. The molecule has 0 aliphatic carbocycles. The number of hydrogen-bond acceptors (Lipinski definition) is 3. The fourth-order valence-corrected chi connectivity index (χ4v) is 1.99. The van der Waals surface area contributed by atoms with Gasteiger partial charge in [-0.3, -0.25) is 0 Å². The second-order valence-electron chi connectivity index (χ2n) is 4.08. The smallest absolute Gasteiger partial charge is 0.105 e. The number of imidazole rings is 1. The van der Waals surface area contributed by atoms with Crippen LogP contribution in [0.4, 0.5) is 0 Å². The number of alkyl halides is 1. The zero-order valence-electron chi connectivity index (χ0n) is 9.75. The van der Waals surface area contributed by atoms with Crippen LogP contribution in [0.2, 0.25) is 0 Å². The topological polar surface area (TPSA) is 69.1 Å². The molecule has 0 amide bonds. The summed E-state index contributed by atoms with van der Waals surface area (Å²) in [6.07, 6.45) is 1.97. The lowest BCUT2D eigenvalue weighted by atomic mass is 10.0. The number of benzene rings is 1. The lowest BCUT2D eigenvalue weighted by Gasteiger charge is -2.17. The Balaban J connectivity index is 2.12. The van der Waals surface area contributed by atoms with Gasteiger partial charge in [0.1, 0.15) is 6.10 Å². The van der Waals surface area contributed by atoms with Gasteiger partial charge in [0.2, 0.25) is 0 Å². The Labute approximate surface area is 110 Å². The van der Waals surface area contributed by atoms with E-state index in [0.717, 1.165) is 11.3 Å². The molecule has 5 heteroatoms. The molecule has 96 valence electrons. The lowest BCUT2D eigenvalue weighted by molar-refractivity contribution is 0.0170. The van der Waals surface area contributed by atoms with Gasteiger partial charge in [-0.2, -0.15) is 0 Å². The van der Waals surface area contributed by atoms with E-state index in [0.29, 0.717) is 17.9 Å². The first-order valence-electron chi connectivity index (χ1n) is 5.73. The van der Waals surface area contributed by atoms with Gasteiger partial charge in [-0.25, -0.2) is 4.98 Å². The highest BCUT2D eigenvalue weighted by molar-refractivity contribution is 6.17. The summed E-state index contributed by atoms with van der Waals surface area (Å²) >= 11 is 5.54. The van der Waals surface area contributed by atoms with E-state index in [1.165, 1.54) is 0 Å². The van der Waals surface area contributed by atoms with Crippen molar-refractivity contribution in [1.29, 1.82) is 0 Å². The lowest BCUT2D eigenvalue weighted by Crippen LogP contribution is -2.18. The van der Waals surface area contributed by atoms with E-state index >= 15 is 0 Å². The van der Waals surface area contributed by atoms with Crippen LogP contribution in [0.3, 0.4) is 0 Å². The zero-order chi connectivity index (χ0) is 13.0. The van der Waals surface area contributed by atoms with E-state index < -0.39 is 12.2 Å². The number of halogens is 1. The maximum atomic E-state index is 9.91. The van der Waals surface area contributed by atoms with Crippen LogP contribution in [0.1, 0.15) is 18.1 Å². The van der Waals surface area contributed by atoms with Crippen molar-refractivity contribution < 1.29 is 10.2 Å². The molecule has 0 aliphatic heterocycles. The Morgan fingerprint density at radius 3 is 2.50 bits per heavy atom. The molecule has 0 radical (unpaired) electrons. The van der Waals surface area contributed by atoms with Crippen LogP contribution in [0.15, 0.2) is 36.8 Å². The van der Waals surface area contributed by atoms with E-state index in [2.05, 4.69) is 9.97 Å². The van der Waals surface area contributed by atoms with Gasteiger partial charge in [0, 0.05) is 5.88 Å². The molecule has 1 aromatic heterocycles. The van der Waals surface area contributed by atoms with Crippen molar-refractivity contribution in [2.45, 2.75) is 18.6 Å². The zero-order valence-corrected chi connectivity index (χ0v) is 10.5. The number of aromatic amines is 1. The Kier molecular flexibility index (Phi) is 4.36. The normalized spacial score (nSPS) is 14.4. The van der Waals surface area contributed by atoms with Crippen LogP contribution >= 0.6 is 11.6 Å². The van der Waals surface area contributed by atoms with Gasteiger partial charge >= 0.3 is 0 Å². The fourth-order valence-electron chi connectivity index (χ4n) is 1.77. The minimum absolute atomic E-state index is 0.324. The molecule has 0 saturated heterocycles. The summed E-state index contributed by atoms with van der Waals surface area (Å²) in [5.74, 6) is 0.324. The van der Waals surface area contributed by atoms with Gasteiger partial charge in [-0.1, -0.05) is 24.3 Å². The van der Waals surface area contributed by atoms with Crippen LogP contribution in [-0.4, -0.2) is 32.2 Å². The third-order valence-corrected chi connectivity index (χ3v) is 3.05. The maximum absolute atomic E-state index is 9.91. The Morgan fingerprint density at radius 1 is 1.22 bits per heavy atom. The Bertz CT molecular complexity index is 470. The molecule has 2 atom stereocenters. The molecule has 0 fully saturated rings. The number of H-pyrrole nitrogens is 1. The molecule has 18 heavy (non-hydrogen) atoms. The molecular weight excluding hydrogens is 252 g/mol. The third-order valence-electron chi connectivity index (χ3n) is 2.83. The molecule has 2 aromatic rings. The van der Waals surface area contributed by atoms with Gasteiger partial charge in [-0.15, -0.1) is 11.6 Å². The summed E-state index contributed by atoms with van der Waals surface area (Å²) in [5.41, 5.74) is 2.57. The van der Waals surface area contributed by atoms with Crippen molar-refractivity contribution in [2.24, 2.45) is 0 Å². The highest BCUT2D eigenvalue weighted by Gasteiger charge is 2.17. The van der Waals surface area contributed by atoms with Crippen molar-refractivity contribution in [1.82, 2.24) is 9.97 Å². The van der Waals surface area contributed by atoms with E-state index in [4.69, 9.17) is 11.6 Å². The Hall–Kier alpha value is -1.36. The maximum Gasteiger partial charge on any atom is 0.105 e. The Morgan fingerprint density at radius 2 is 1.94 bits per heavy atom. The summed E-state index contributed by atoms with van der Waals surface area (Å²) in [6, 6.07) is 7.33. The van der Waals surface area contributed by atoms with Crippen LogP contribution in [0.25, 0.3) is 11.3 Å². The average Bonchev–Trinajstić information content (AvgIpc) is 2.92. The van der Waals surface area contributed by atoms with Crippen molar-refractivity contribution >= 4 is 11.6 Å². The van der Waals surface area contributed by atoms with E-state index in [1.807, 2.05) is 12.1 Å². The van der Waals surface area contributed by atoms with E-state index in [9.17, 15) is 10.2 Å². The number of aromatic nitrogens is 2. The molecule has 0 saturated carbocycles. The molecule has 2 unspecified atom stereocenters. The average molecular weight is 267 g/mol. The van der Waals surface area contributed by atoms with Crippen molar-refractivity contribution in [2.75, 3.05) is 5.88 Å². The minimum atomic E-state index is -0.903. The van der Waals surface area contributed by atoms with E-state index in [-0.39, 0.29) is 0 Å². The molecular formula is C13H15ClN2O2. The molecule has 4 nitrogen and oxygen atoms in total. The van der Waals surface area contributed by atoms with E-state index in [1.54, 1.807) is 24.7 Å². The standard InChI is InChI=1S/C13H15ClN2O2/c14-6-5-12(17)13(18)10-3-1-9(2-4-10)11-7-15-8-16-11/h1-4,7-8,12-13,17-18H,5-6H2,(H,15,16). The predicted octanol–water partition coefficient (Wildman–Crippen LogP) is 2.10. The molecule has 0 aliphatic rings. The number of nitrogens with zero attached hydrogens (tertiary/aromatic N) is 1. The van der Waals surface area contributed by atoms with Gasteiger partial charge in [0.15, 0.2) is 0 Å². The highest BCUT2D eigenvalue weighted by Crippen LogP contribution is 2.23. The number of hydrogen-bond donors (Lipinski definition) is 3. The van der Waals surface area contributed by atoms with Crippen LogP contribution in [-0.2, 0) is 0 Å². The highest BCUT2D eigenvalue weighted by atomic mass is 35.5. The van der Waals surface area contributed by atoms with Gasteiger partial charge in [0.25, 0.3) is 0 Å². The van der Waals surface area contributed by atoms with Gasteiger partial charge in [-0.05, 0) is 17.5 Å². The van der Waals surface area contributed by atoms with Crippen LogP contribution in [0.5, 0.6) is 0 Å². The number of aliphatic hydroxyl groups excluding tert-OH is 2. The van der Waals surface area contributed by atoms with Crippen molar-refractivity contribution in [3.8, 4) is 11.3 Å². The first-order chi connectivity index (χ1) is 8.72. The molecule has 2 rings (SSSR count). The van der Waals surface area contributed by atoms with Crippen molar-refractivity contribution in [3.05, 3.63) is 42.4 Å². The first-order valence-corrected chi connectivity index (χ1v) is 6.26. The van der Waals surface area contributed by atoms with Crippen LogP contribution < -0.4 is 0 Å². The van der Waals surface area contributed by atoms with Gasteiger partial charge in [0.05, 0.1) is 24.3 Å². The summed E-state index contributed by atoms with van der Waals surface area (Å²) < 4.78 is 0. The largest absolute Gasteiger partial charge is 0.390 e. The van der Waals surface area contributed by atoms with Crippen molar-refractivity contribution in [3.63, 3.8) is 0 Å². The molecule has 0 bridgehead atoms. The molecule has 3 N–H and O–H groups in total. The summed E-state index contributed by atoms with van der Waals surface area (Å²) in [7, 11) is 0. The van der Waals surface area contributed by atoms with Crippen LogP contribution in [0, 0.1) is 0 Å². The summed E-state index contributed by atoms with van der Waals surface area (Å²) in [5, 5.41) is 19.6. The molecule has 1 heterocycles. The number of rotatable bonds is 5. The van der Waals surface area contributed by atoms with Gasteiger partial charge < -0.3 is 15.2 Å². The summed E-state index contributed by atoms with van der Waals surface area (Å²) in [6.45, 7) is 0. The quantitative estimate of drug-likeness (QED) is 0.726. The number of nitrogens with one attached hydrogen (secondary N) is 1. The minimum Gasteiger partial charge on any atom is -0.390 e. The monoisotopic (exact) mass is 266 g/mol. The second-order valence-corrected chi connectivity index (χ2v) is 4.46. The second kappa shape index (κ2) is 6.00. The first kappa shape index (κ1) is 13.1. The predicted molar refractivity (Wildman–Crippen MR) is 70.3 cm³/mol. The molecule has 0 spiro atoms. The summed E-state index contributed by atoms with van der Waals surface area (Å²) in [4.78, 5) is 6.95. The number of aliphatic hydroxyl groups is 2. The fraction of sp³-hybridized carbons (Fsp3) is 0.308.